The van der Waals surface area contributed by atoms with Gasteiger partial charge in [-0.25, -0.2) is 4.39 Å². The molecule has 4 heteroatoms. The third kappa shape index (κ3) is 2.79. The Morgan fingerprint density at radius 2 is 2.19 bits per heavy atom. The predicted molar refractivity (Wildman–Crippen MR) is 61.4 cm³/mol. The van der Waals surface area contributed by atoms with Crippen LogP contribution in [0.25, 0.3) is 0 Å². The highest BCUT2D eigenvalue weighted by atomic mass is 19.1. The monoisotopic (exact) mass is 225 g/mol. The summed E-state index contributed by atoms with van der Waals surface area (Å²) in [5.74, 6) is -0.425. The van der Waals surface area contributed by atoms with Gasteiger partial charge in [0.2, 0.25) is 0 Å². The Morgan fingerprint density at radius 3 is 2.75 bits per heavy atom. The number of halogens is 1. The van der Waals surface area contributed by atoms with Gasteiger partial charge in [0, 0.05) is 18.7 Å². The fourth-order valence-corrected chi connectivity index (χ4v) is 1.69. The molecule has 1 aromatic rings. The molecule has 0 aromatic heterocycles. The van der Waals surface area contributed by atoms with E-state index >= 15 is 0 Å². The number of rotatable bonds is 6. The lowest BCUT2D eigenvalue weighted by molar-refractivity contribution is 0.112. The molecule has 0 radical (unpaired) electrons. The smallest absolute Gasteiger partial charge is 0.152 e. The first-order valence-electron chi connectivity index (χ1n) is 5.34. The van der Waals surface area contributed by atoms with Crippen molar-refractivity contribution >= 4 is 12.0 Å². The number of hydrogen-bond donors (Lipinski definition) is 1. The van der Waals surface area contributed by atoms with Crippen molar-refractivity contribution in [3.05, 3.63) is 29.6 Å². The van der Waals surface area contributed by atoms with E-state index in [1.165, 1.54) is 12.1 Å². The van der Waals surface area contributed by atoms with E-state index in [1.807, 2.05) is 6.92 Å². The van der Waals surface area contributed by atoms with Crippen molar-refractivity contribution in [3.63, 3.8) is 0 Å². The van der Waals surface area contributed by atoms with Crippen LogP contribution < -0.4 is 4.90 Å². The SMILES string of the molecule is CCCN(CCO)c1c(F)cccc1C=O. The van der Waals surface area contributed by atoms with Crippen LogP contribution in [0.4, 0.5) is 10.1 Å². The number of anilines is 1. The topological polar surface area (TPSA) is 40.5 Å². The molecule has 0 unspecified atom stereocenters. The molecule has 0 saturated carbocycles. The maximum absolute atomic E-state index is 13.7. The minimum absolute atomic E-state index is 0.0629. The summed E-state index contributed by atoms with van der Waals surface area (Å²) >= 11 is 0. The molecule has 0 atom stereocenters. The van der Waals surface area contributed by atoms with Gasteiger partial charge in [-0.1, -0.05) is 13.0 Å². The number of aliphatic hydroxyl groups excluding tert-OH is 1. The van der Waals surface area contributed by atoms with E-state index in [0.29, 0.717) is 24.9 Å². The number of para-hydroxylation sites is 1. The maximum atomic E-state index is 13.7. The normalized spacial score (nSPS) is 10.2. The van der Waals surface area contributed by atoms with Crippen molar-refractivity contribution in [1.29, 1.82) is 0 Å². The molecule has 3 nitrogen and oxygen atoms in total. The lowest BCUT2D eigenvalue weighted by atomic mass is 10.1. The average molecular weight is 225 g/mol. The zero-order valence-electron chi connectivity index (χ0n) is 9.32. The third-order valence-electron chi connectivity index (χ3n) is 2.32. The van der Waals surface area contributed by atoms with Crippen molar-refractivity contribution in [2.45, 2.75) is 13.3 Å². The van der Waals surface area contributed by atoms with Gasteiger partial charge in [-0.3, -0.25) is 4.79 Å². The Hall–Kier alpha value is -1.42. The first kappa shape index (κ1) is 12.6. The van der Waals surface area contributed by atoms with Gasteiger partial charge in [0.1, 0.15) is 5.82 Å². The maximum Gasteiger partial charge on any atom is 0.152 e. The van der Waals surface area contributed by atoms with Crippen molar-refractivity contribution in [1.82, 2.24) is 0 Å². The van der Waals surface area contributed by atoms with Gasteiger partial charge < -0.3 is 10.0 Å². The number of nitrogens with zero attached hydrogens (tertiary/aromatic N) is 1. The van der Waals surface area contributed by atoms with Gasteiger partial charge in [0.25, 0.3) is 0 Å². The van der Waals surface area contributed by atoms with Gasteiger partial charge in [-0.05, 0) is 18.6 Å². The Labute approximate surface area is 94.5 Å². The van der Waals surface area contributed by atoms with Crippen molar-refractivity contribution in [2.24, 2.45) is 0 Å². The second-order valence-electron chi connectivity index (χ2n) is 3.51. The first-order valence-corrected chi connectivity index (χ1v) is 5.34. The quantitative estimate of drug-likeness (QED) is 0.751. The summed E-state index contributed by atoms with van der Waals surface area (Å²) < 4.78 is 13.7. The molecule has 1 aromatic carbocycles. The molecule has 0 saturated heterocycles. The van der Waals surface area contributed by atoms with Crippen LogP contribution in [0.3, 0.4) is 0 Å². The van der Waals surface area contributed by atoms with E-state index in [2.05, 4.69) is 0 Å². The fraction of sp³-hybridized carbons (Fsp3) is 0.417. The second-order valence-corrected chi connectivity index (χ2v) is 3.51. The molecule has 1 N–H and O–H groups in total. The van der Waals surface area contributed by atoms with Crippen LogP contribution in [0.5, 0.6) is 0 Å². The number of carbonyl (C=O) groups is 1. The Kier molecular flexibility index (Phi) is 4.92. The fourth-order valence-electron chi connectivity index (χ4n) is 1.69. The molecular formula is C12H16FNO2. The Morgan fingerprint density at radius 1 is 1.44 bits per heavy atom. The van der Waals surface area contributed by atoms with E-state index in [4.69, 9.17) is 5.11 Å². The molecule has 0 heterocycles. The number of aliphatic hydroxyl groups is 1. The third-order valence-corrected chi connectivity index (χ3v) is 2.32. The van der Waals surface area contributed by atoms with E-state index in [-0.39, 0.29) is 12.3 Å². The molecule has 0 aliphatic heterocycles. The molecule has 0 bridgehead atoms. The largest absolute Gasteiger partial charge is 0.395 e. The van der Waals surface area contributed by atoms with Crippen LogP contribution in [0.1, 0.15) is 23.7 Å². The van der Waals surface area contributed by atoms with Gasteiger partial charge in [0.15, 0.2) is 6.29 Å². The summed E-state index contributed by atoms with van der Waals surface area (Å²) in [4.78, 5) is 12.5. The number of aldehydes is 1. The summed E-state index contributed by atoms with van der Waals surface area (Å²) in [5, 5.41) is 8.93. The highest BCUT2D eigenvalue weighted by Crippen LogP contribution is 2.23. The van der Waals surface area contributed by atoms with Crippen molar-refractivity contribution in [2.75, 3.05) is 24.6 Å². The molecule has 0 spiro atoms. The average Bonchev–Trinajstić information content (AvgIpc) is 2.28. The molecule has 1 rings (SSSR count). The number of benzene rings is 1. The van der Waals surface area contributed by atoms with Gasteiger partial charge in [-0.2, -0.15) is 0 Å². The minimum Gasteiger partial charge on any atom is -0.395 e. The number of hydrogen-bond acceptors (Lipinski definition) is 3. The highest BCUT2D eigenvalue weighted by molar-refractivity contribution is 5.84. The lowest BCUT2D eigenvalue weighted by Crippen LogP contribution is -2.29. The zero-order valence-corrected chi connectivity index (χ0v) is 9.32. The van der Waals surface area contributed by atoms with Crippen LogP contribution in [-0.2, 0) is 0 Å². The minimum atomic E-state index is -0.425. The predicted octanol–water partition coefficient (Wildman–Crippen LogP) is 1.85. The molecular weight excluding hydrogens is 209 g/mol. The van der Waals surface area contributed by atoms with Gasteiger partial charge >= 0.3 is 0 Å². The van der Waals surface area contributed by atoms with E-state index < -0.39 is 5.82 Å². The van der Waals surface area contributed by atoms with E-state index in [9.17, 15) is 9.18 Å². The molecule has 0 aliphatic rings. The van der Waals surface area contributed by atoms with Gasteiger partial charge in [-0.15, -0.1) is 0 Å². The van der Waals surface area contributed by atoms with Crippen LogP contribution in [-0.4, -0.2) is 31.1 Å². The summed E-state index contributed by atoms with van der Waals surface area (Å²) in [6.07, 6.45) is 1.46. The van der Waals surface area contributed by atoms with E-state index in [1.54, 1.807) is 11.0 Å². The molecule has 88 valence electrons. The molecule has 0 amide bonds. The summed E-state index contributed by atoms with van der Waals surface area (Å²) in [7, 11) is 0. The zero-order chi connectivity index (χ0) is 12.0. The summed E-state index contributed by atoms with van der Waals surface area (Å²) in [5.41, 5.74) is 0.607. The van der Waals surface area contributed by atoms with Crippen LogP contribution in [0.2, 0.25) is 0 Å². The second kappa shape index (κ2) is 6.23. The lowest BCUT2D eigenvalue weighted by Gasteiger charge is -2.25. The van der Waals surface area contributed by atoms with Crippen LogP contribution in [0, 0.1) is 5.82 Å². The standard InChI is InChI=1S/C12H16FNO2/c1-2-6-14(7-8-15)12-10(9-16)4-3-5-11(12)13/h3-5,9,15H,2,6-8H2,1H3. The number of carbonyl (C=O) groups excluding carboxylic acids is 1. The summed E-state index contributed by atoms with van der Waals surface area (Å²) in [6.45, 7) is 2.84. The Bertz CT molecular complexity index is 349. The van der Waals surface area contributed by atoms with Crippen LogP contribution >= 0.6 is 0 Å². The van der Waals surface area contributed by atoms with Gasteiger partial charge in [0.05, 0.1) is 12.3 Å². The Balaban J connectivity index is 3.10. The molecule has 16 heavy (non-hydrogen) atoms. The highest BCUT2D eigenvalue weighted by Gasteiger charge is 2.14. The molecule has 0 aliphatic carbocycles. The van der Waals surface area contributed by atoms with Crippen molar-refractivity contribution < 1.29 is 14.3 Å². The van der Waals surface area contributed by atoms with Crippen LogP contribution in [0.15, 0.2) is 18.2 Å². The van der Waals surface area contributed by atoms with E-state index in [0.717, 1.165) is 6.42 Å². The van der Waals surface area contributed by atoms with Crippen molar-refractivity contribution in [3.8, 4) is 0 Å². The first-order chi connectivity index (χ1) is 7.74. The molecule has 0 fully saturated rings. The summed E-state index contributed by atoms with van der Waals surface area (Å²) in [6, 6.07) is 4.40.